The summed E-state index contributed by atoms with van der Waals surface area (Å²) >= 11 is 14.0. The number of hydrogen-bond donors (Lipinski definition) is 3. The first-order valence-corrected chi connectivity index (χ1v) is 20.5. The van der Waals surface area contributed by atoms with Gasteiger partial charge in [-0.3, -0.25) is 24.4 Å². The van der Waals surface area contributed by atoms with Crippen molar-refractivity contribution in [2.24, 2.45) is 0 Å². The number of amides is 4. The smallest absolute Gasteiger partial charge is 0.410 e. The first kappa shape index (κ1) is 44.1. The number of nitrogens with one attached hydrogen (secondary N) is 3. The molecule has 2 fully saturated rings. The third kappa shape index (κ3) is 10.8. The summed E-state index contributed by atoms with van der Waals surface area (Å²) in [5.74, 6) is 0.323. The summed E-state index contributed by atoms with van der Waals surface area (Å²) in [6, 6.07) is 12.1. The monoisotopic (exact) mass is 860 g/mol. The molecule has 0 saturated carbocycles. The van der Waals surface area contributed by atoms with Crippen molar-refractivity contribution in [2.45, 2.75) is 84.2 Å². The van der Waals surface area contributed by atoms with Gasteiger partial charge < -0.3 is 40.0 Å². The van der Waals surface area contributed by atoms with Crippen LogP contribution in [0.15, 0.2) is 54.9 Å². The summed E-state index contributed by atoms with van der Waals surface area (Å²) in [4.78, 5) is 67.5. The molecule has 0 unspecified atom stereocenters. The topological polar surface area (TPSA) is 177 Å². The van der Waals surface area contributed by atoms with Gasteiger partial charge >= 0.3 is 6.09 Å². The first-order valence-electron chi connectivity index (χ1n) is 19.7. The minimum Gasteiger partial charge on any atom is -0.496 e. The van der Waals surface area contributed by atoms with Crippen LogP contribution in [0.25, 0.3) is 22.5 Å². The van der Waals surface area contributed by atoms with E-state index in [-0.39, 0.29) is 58.6 Å². The molecule has 0 spiro atoms. The van der Waals surface area contributed by atoms with E-state index in [4.69, 9.17) is 42.4 Å². The maximum Gasteiger partial charge on any atom is 0.410 e. The SMILES string of the molecule is COc1cc(C(=O)Nc2cccc(-c3nccc(-c4ccc(CN(C[C@@H]5CCC(=O)N5)C(=O)OC(C)(C)C)c(OC)n4)c3Cl)c2Cl)ncc1CNC1CCN(C(C)=O)CC1. The molecule has 0 radical (unpaired) electrons. The molecule has 3 N–H and O–H groups in total. The lowest BCUT2D eigenvalue weighted by atomic mass is 10.0. The molecule has 1 aromatic carbocycles. The van der Waals surface area contributed by atoms with Gasteiger partial charge in [-0.2, -0.15) is 0 Å². The van der Waals surface area contributed by atoms with Crippen LogP contribution < -0.4 is 25.4 Å². The van der Waals surface area contributed by atoms with Crippen LogP contribution in [-0.4, -0.2) is 100 Å². The normalized spacial score (nSPS) is 15.6. The van der Waals surface area contributed by atoms with Gasteiger partial charge in [-0.1, -0.05) is 35.3 Å². The molecule has 2 aliphatic heterocycles. The minimum absolute atomic E-state index is 0.0523. The van der Waals surface area contributed by atoms with Crippen molar-refractivity contribution in [3.05, 3.63) is 81.7 Å². The fraction of sp³-hybridized carbons (Fsp3) is 0.419. The molecule has 6 rings (SSSR count). The Morgan fingerprint density at radius 2 is 1.73 bits per heavy atom. The van der Waals surface area contributed by atoms with Crippen LogP contribution in [-0.2, 0) is 27.4 Å². The summed E-state index contributed by atoms with van der Waals surface area (Å²) in [6.07, 6.45) is 5.38. The second-order valence-electron chi connectivity index (χ2n) is 15.7. The highest BCUT2D eigenvalue weighted by Gasteiger charge is 2.30. The number of carbonyl (C=O) groups is 4. The molecule has 2 aliphatic rings. The molecule has 318 valence electrons. The number of benzene rings is 1. The summed E-state index contributed by atoms with van der Waals surface area (Å²) in [7, 11) is 3.03. The summed E-state index contributed by atoms with van der Waals surface area (Å²) in [5, 5.41) is 9.76. The molecule has 3 aromatic heterocycles. The molecule has 2 saturated heterocycles. The molecule has 15 nitrogen and oxygen atoms in total. The van der Waals surface area contributed by atoms with E-state index >= 15 is 0 Å². The zero-order chi connectivity index (χ0) is 43.1. The molecule has 0 bridgehead atoms. The highest BCUT2D eigenvalue weighted by molar-refractivity contribution is 6.39. The van der Waals surface area contributed by atoms with E-state index in [0.29, 0.717) is 72.0 Å². The summed E-state index contributed by atoms with van der Waals surface area (Å²) < 4.78 is 17.0. The van der Waals surface area contributed by atoms with E-state index in [2.05, 4.69) is 25.9 Å². The summed E-state index contributed by atoms with van der Waals surface area (Å²) in [6.45, 7) is 9.26. The fourth-order valence-corrected chi connectivity index (χ4v) is 7.70. The highest BCUT2D eigenvalue weighted by atomic mass is 35.5. The number of hydrogen-bond acceptors (Lipinski definition) is 11. The molecular formula is C43H50Cl2N8O7. The molecule has 0 aliphatic carbocycles. The number of likely N-dealkylation sites (tertiary alicyclic amines) is 1. The van der Waals surface area contributed by atoms with E-state index in [0.717, 1.165) is 18.4 Å². The van der Waals surface area contributed by atoms with Crippen LogP contribution in [0, 0.1) is 0 Å². The number of pyridine rings is 3. The van der Waals surface area contributed by atoms with Gasteiger partial charge in [0.15, 0.2) is 0 Å². The van der Waals surface area contributed by atoms with Gasteiger partial charge in [0.2, 0.25) is 17.7 Å². The Morgan fingerprint density at radius 3 is 2.40 bits per heavy atom. The van der Waals surface area contributed by atoms with E-state index in [1.165, 1.54) is 19.1 Å². The van der Waals surface area contributed by atoms with Crippen molar-refractivity contribution in [1.29, 1.82) is 0 Å². The average molecular weight is 862 g/mol. The van der Waals surface area contributed by atoms with Crippen molar-refractivity contribution >= 4 is 52.7 Å². The van der Waals surface area contributed by atoms with E-state index < -0.39 is 17.6 Å². The Bertz CT molecular complexity index is 2240. The van der Waals surface area contributed by atoms with E-state index in [1.54, 1.807) is 82.6 Å². The van der Waals surface area contributed by atoms with Gasteiger partial charge in [0, 0.05) is 92.3 Å². The average Bonchev–Trinajstić information content (AvgIpc) is 3.64. The number of carbonyl (C=O) groups excluding carboxylic acids is 4. The molecular weight excluding hydrogens is 811 g/mol. The van der Waals surface area contributed by atoms with Crippen molar-refractivity contribution in [2.75, 3.05) is 39.2 Å². The molecule has 1 atom stereocenters. The number of aromatic nitrogens is 3. The van der Waals surface area contributed by atoms with Crippen LogP contribution in [0.2, 0.25) is 10.0 Å². The van der Waals surface area contributed by atoms with Crippen molar-refractivity contribution in [3.63, 3.8) is 0 Å². The Hall–Kier alpha value is -5.51. The molecule has 4 aromatic rings. The lowest BCUT2D eigenvalue weighted by Gasteiger charge is -2.31. The quantitative estimate of drug-likeness (QED) is 0.128. The van der Waals surface area contributed by atoms with Gasteiger partial charge in [0.25, 0.3) is 5.91 Å². The fourth-order valence-electron chi connectivity index (χ4n) is 7.12. The molecule has 17 heteroatoms. The minimum atomic E-state index is -0.724. The zero-order valence-corrected chi connectivity index (χ0v) is 36.1. The Kier molecular flexibility index (Phi) is 14.1. The molecule has 5 heterocycles. The first-order chi connectivity index (χ1) is 28.6. The number of halogens is 2. The second kappa shape index (κ2) is 19.3. The number of rotatable bonds is 13. The van der Waals surface area contributed by atoms with Crippen molar-refractivity contribution in [3.8, 4) is 34.1 Å². The zero-order valence-electron chi connectivity index (χ0n) is 34.6. The second-order valence-corrected chi connectivity index (χ2v) is 16.5. The van der Waals surface area contributed by atoms with Gasteiger partial charge in [0.1, 0.15) is 17.0 Å². The third-order valence-corrected chi connectivity index (χ3v) is 11.0. The van der Waals surface area contributed by atoms with Crippen molar-refractivity contribution in [1.82, 2.24) is 35.4 Å². The lowest BCUT2D eigenvalue weighted by Crippen LogP contribution is -2.44. The van der Waals surface area contributed by atoms with Crippen LogP contribution >= 0.6 is 23.2 Å². The van der Waals surface area contributed by atoms with Gasteiger partial charge in [-0.25, -0.2) is 9.78 Å². The summed E-state index contributed by atoms with van der Waals surface area (Å²) in [5.41, 5.74) is 3.00. The number of anilines is 1. The number of nitrogens with zero attached hydrogens (tertiary/aromatic N) is 5. The van der Waals surface area contributed by atoms with Crippen LogP contribution in [0.3, 0.4) is 0 Å². The largest absolute Gasteiger partial charge is 0.496 e. The highest BCUT2D eigenvalue weighted by Crippen LogP contribution is 2.40. The van der Waals surface area contributed by atoms with E-state index in [9.17, 15) is 19.2 Å². The third-order valence-electron chi connectivity index (χ3n) is 10.3. The number of piperidine rings is 1. The lowest BCUT2D eigenvalue weighted by molar-refractivity contribution is -0.130. The van der Waals surface area contributed by atoms with Gasteiger partial charge in [-0.05, 0) is 64.3 Å². The van der Waals surface area contributed by atoms with Crippen LogP contribution in [0.1, 0.15) is 75.0 Å². The van der Waals surface area contributed by atoms with E-state index in [1.807, 2.05) is 4.90 Å². The van der Waals surface area contributed by atoms with Crippen LogP contribution in [0.5, 0.6) is 11.6 Å². The maximum atomic E-state index is 13.5. The van der Waals surface area contributed by atoms with Gasteiger partial charge in [0.05, 0.1) is 47.9 Å². The number of methoxy groups -OCH3 is 2. The molecule has 60 heavy (non-hydrogen) atoms. The van der Waals surface area contributed by atoms with Gasteiger partial charge in [-0.15, -0.1) is 0 Å². The maximum absolute atomic E-state index is 13.5. The Labute approximate surface area is 359 Å². The Morgan fingerprint density at radius 1 is 0.967 bits per heavy atom. The van der Waals surface area contributed by atoms with Crippen molar-refractivity contribution < 1.29 is 33.4 Å². The standard InChI is InChI=1S/C43H50Cl2N8O7/c1-25(54)52-18-15-28(16-19-52)47-21-27-22-48-34(20-35(27)58-5)40(56)50-33-9-7-8-31(37(33)44)39-38(45)30(14-17-46-39)32-12-10-26(41(51-32)59-6)23-53(42(57)60-43(2,3)4)24-29-11-13-36(55)49-29/h7-10,12,14,17,20,22,28-29,47H,11,13,15-16,18-19,21,23-24H2,1-6H3,(H,49,55)(H,50,56)/t29-/m0/s1. The number of ether oxygens (including phenoxy) is 3. The predicted molar refractivity (Wildman–Crippen MR) is 228 cm³/mol. The van der Waals surface area contributed by atoms with Crippen LogP contribution in [0.4, 0.5) is 10.5 Å². The Balaban J connectivity index is 1.17. The predicted octanol–water partition coefficient (Wildman–Crippen LogP) is 6.90. The molecule has 4 amide bonds.